The summed E-state index contributed by atoms with van der Waals surface area (Å²) >= 11 is 0. The first-order valence-electron chi connectivity index (χ1n) is 1.34. The summed E-state index contributed by atoms with van der Waals surface area (Å²) in [5, 5.41) is 37.5. The van der Waals surface area contributed by atoms with E-state index in [9.17, 15) is 0 Å². The van der Waals surface area contributed by atoms with Gasteiger partial charge in [-0.2, -0.15) is 0 Å². The number of hydrogen-bond donors (Lipinski definition) is 0. The number of hydrogen-bond acceptors (Lipinski definition) is 6. The first-order valence-corrected chi connectivity index (χ1v) is 1.34. The summed E-state index contributed by atoms with van der Waals surface area (Å²) in [5.74, 6) is 0. The predicted octanol–water partition coefficient (Wildman–Crippen LogP) is 0.573. The molecule has 0 aliphatic rings. The average molecular weight is 266 g/mol. The molecule has 6 nitrogen and oxygen atoms in total. The predicted molar refractivity (Wildman–Crippen MR) is 29.8 cm³/mol. The normalized spacial score (nSPS) is 0.857. The van der Waals surface area contributed by atoms with E-state index in [-0.39, 0.29) is 34.1 Å². The van der Waals surface area contributed by atoms with E-state index >= 15 is 0 Å². The van der Waals surface area contributed by atoms with Gasteiger partial charge in [0.25, 0.3) is 0 Å². The van der Waals surface area contributed by atoms with Gasteiger partial charge in [0.15, 0.2) is 0 Å². The minimum Gasteiger partial charge on any atom is -0.512 e. The third kappa shape index (κ3) is 197. The molecule has 72 valence electrons. The largest absolute Gasteiger partial charge is 2.00 e. The fourth-order valence-electron chi connectivity index (χ4n) is 0. The van der Waals surface area contributed by atoms with E-state index in [0.717, 1.165) is 0 Å². The van der Waals surface area contributed by atoms with Crippen LogP contribution in [0.15, 0.2) is 0 Å². The maximum Gasteiger partial charge on any atom is 2.00 e. The van der Waals surface area contributed by atoms with Crippen LogP contribution in [0.5, 0.6) is 0 Å². The van der Waals surface area contributed by atoms with E-state index in [2.05, 4.69) is 0 Å². The molecular weight excluding hydrogens is 266 g/mol. The van der Waals surface area contributed by atoms with Gasteiger partial charge in [0, 0.05) is 17.1 Å². The van der Waals surface area contributed by atoms with Crippen molar-refractivity contribution in [3.63, 3.8) is 0 Å². The zero-order valence-electron chi connectivity index (χ0n) is 6.44. The fourth-order valence-corrected chi connectivity index (χ4v) is 0. The zero-order valence-corrected chi connectivity index (χ0v) is 8.80. The van der Waals surface area contributed by atoms with Gasteiger partial charge in [-0.3, -0.25) is 0 Å². The Morgan fingerprint density at radius 1 is 0.357 bits per heavy atom. The van der Waals surface area contributed by atoms with Crippen LogP contribution >= 0.6 is 0 Å². The molecule has 0 aliphatic heterocycles. The van der Waals surface area contributed by atoms with Gasteiger partial charge in [-0.25, -0.2) is 0 Å². The molecule has 0 unspecified atom stereocenters. The van der Waals surface area contributed by atoms with Crippen LogP contribution in [0.25, 0.3) is 0 Å². The van der Waals surface area contributed by atoms with Crippen LogP contribution in [-0.2, 0) is 34.1 Å². The molecule has 0 heterocycles. The molecule has 0 amide bonds. The van der Waals surface area contributed by atoms with E-state index < -0.39 is 0 Å². The molecule has 0 aliphatic carbocycles. The Morgan fingerprint density at radius 2 is 0.357 bits per heavy atom. The van der Waals surface area contributed by atoms with Crippen molar-refractivity contribution in [2.45, 2.75) is 0 Å². The zero-order chi connectivity index (χ0) is 12.0. The van der Waals surface area contributed by atoms with Crippen molar-refractivity contribution in [2.24, 2.45) is 0 Å². The van der Waals surface area contributed by atoms with E-state index in [1.807, 2.05) is 0 Å². The molecule has 0 spiro atoms. The van der Waals surface area contributed by atoms with Gasteiger partial charge in [-0.1, -0.05) is 0 Å². The Kier molecular flexibility index (Phi) is 1740. The molecule has 0 aromatic rings. The van der Waals surface area contributed by atoms with Gasteiger partial charge in [0.05, 0.1) is 0 Å². The van der Waals surface area contributed by atoms with Crippen molar-refractivity contribution in [2.75, 3.05) is 0 Å². The van der Waals surface area contributed by atoms with Crippen molar-refractivity contribution in [1.82, 2.24) is 0 Å². The smallest absolute Gasteiger partial charge is 0.512 e. The van der Waals surface area contributed by atoms with E-state index in [0.29, 0.717) is 0 Å². The second kappa shape index (κ2) is 268. The number of rotatable bonds is 0. The van der Waals surface area contributed by atoms with Gasteiger partial charge in [0.2, 0.25) is 0 Å². The summed E-state index contributed by atoms with van der Waals surface area (Å²) in [4.78, 5) is 0. The molecule has 0 N–H and O–H groups in total. The Labute approximate surface area is 105 Å². The molecule has 0 aromatic heterocycles. The second-order valence-electron chi connectivity index (χ2n) is 0. The summed E-state index contributed by atoms with van der Waals surface area (Å²) in [6.45, 7) is 28.5. The van der Waals surface area contributed by atoms with Crippen molar-refractivity contribution in [3.8, 4) is 0 Å². The third-order valence-electron chi connectivity index (χ3n) is 0. The SMILES string of the molecule is [C-]#N.[C-]#N.[C-]#N.[C-]#N.[C-]#N.[C-]#N.[Mn+2].[Mn]. The van der Waals surface area contributed by atoms with Crippen molar-refractivity contribution < 1.29 is 34.1 Å². The van der Waals surface area contributed by atoms with Crippen LogP contribution < -0.4 is 0 Å². The van der Waals surface area contributed by atoms with Crippen molar-refractivity contribution in [1.29, 1.82) is 31.6 Å². The number of nitrogens with zero attached hydrogens (tertiary/aromatic N) is 6. The molecule has 2 radical (unpaired) electrons. The monoisotopic (exact) mass is 266 g/mol. The van der Waals surface area contributed by atoms with Gasteiger partial charge in [-0.05, 0) is 0 Å². The average Bonchev–Trinajstić information content (AvgIpc) is 2.33. The Morgan fingerprint density at radius 3 is 0.357 bits per heavy atom. The summed E-state index contributed by atoms with van der Waals surface area (Å²) in [7, 11) is 0. The summed E-state index contributed by atoms with van der Waals surface area (Å²) < 4.78 is 0. The Hall–Kier alpha value is -2.02. The molecule has 0 aromatic carbocycles. The Balaban J connectivity index is -0.00000000500. The summed E-state index contributed by atoms with van der Waals surface area (Å²) in [5.41, 5.74) is 0. The Bertz CT molecular complexity index is 95.3. The molecule has 8 heteroatoms. The minimum absolute atomic E-state index is 0. The van der Waals surface area contributed by atoms with Crippen molar-refractivity contribution >= 4 is 0 Å². The molecule has 0 saturated heterocycles. The summed E-state index contributed by atoms with van der Waals surface area (Å²) in [6, 6.07) is 0. The molecule has 0 rings (SSSR count). The maximum atomic E-state index is 6.25. The van der Waals surface area contributed by atoms with Crippen LogP contribution in [-0.4, -0.2) is 0 Å². The third-order valence-corrected chi connectivity index (χ3v) is 0. The fraction of sp³-hybridized carbons (Fsp3) is 0. The topological polar surface area (TPSA) is 143 Å². The van der Waals surface area contributed by atoms with Crippen molar-refractivity contribution in [3.05, 3.63) is 39.4 Å². The van der Waals surface area contributed by atoms with Gasteiger partial charge in [-0.15, -0.1) is 0 Å². The molecule has 14 heavy (non-hydrogen) atoms. The maximum absolute atomic E-state index is 6.25. The first kappa shape index (κ1) is 91.2. The van der Waals surface area contributed by atoms with Gasteiger partial charge < -0.3 is 71.0 Å². The van der Waals surface area contributed by atoms with E-state index in [1.165, 1.54) is 0 Å². The van der Waals surface area contributed by atoms with Gasteiger partial charge in [0.1, 0.15) is 0 Å². The van der Waals surface area contributed by atoms with E-state index in [4.69, 9.17) is 71.0 Å². The standard InChI is InChI=1S/6CN.2Mn/c6*1-2;;/q6*-1;;+2. The van der Waals surface area contributed by atoms with Crippen LogP contribution in [0.1, 0.15) is 0 Å². The van der Waals surface area contributed by atoms with Crippen LogP contribution in [0, 0.1) is 71.0 Å². The van der Waals surface area contributed by atoms with Crippen LogP contribution in [0.4, 0.5) is 0 Å². The quantitative estimate of drug-likeness (QED) is 0.463. The minimum atomic E-state index is 0. The second-order valence-corrected chi connectivity index (χ2v) is 0. The van der Waals surface area contributed by atoms with E-state index in [1.54, 1.807) is 0 Å². The molecular formula is C6Mn2N6-4. The molecule has 0 atom stereocenters. The van der Waals surface area contributed by atoms with Crippen LogP contribution in [0.3, 0.4) is 0 Å². The van der Waals surface area contributed by atoms with Crippen LogP contribution in [0.2, 0.25) is 0 Å². The first-order chi connectivity index (χ1) is 6.00. The van der Waals surface area contributed by atoms with Gasteiger partial charge >= 0.3 is 17.1 Å². The molecule has 0 bridgehead atoms. The molecule has 0 fully saturated rings. The molecule has 0 saturated carbocycles. The summed E-state index contributed by atoms with van der Waals surface area (Å²) in [6.07, 6.45) is 0.